The number of likely N-dealkylation sites (N-methyl/N-ethyl adjacent to an activating group) is 1. The molecule has 118 valence electrons. The molecular weight excluding hydrogens is 248 g/mol. The smallest absolute Gasteiger partial charge is 0.0790 e. The van der Waals surface area contributed by atoms with Crippen LogP contribution in [0.25, 0.3) is 0 Å². The average molecular weight is 282 g/mol. The van der Waals surface area contributed by atoms with Crippen LogP contribution in [0.2, 0.25) is 0 Å². The second-order valence-corrected chi connectivity index (χ2v) is 8.17. The Kier molecular flexibility index (Phi) is 4.54. The van der Waals surface area contributed by atoms with Crippen LogP contribution in [0.5, 0.6) is 0 Å². The van der Waals surface area contributed by atoms with E-state index in [2.05, 4.69) is 58.8 Å². The van der Waals surface area contributed by atoms with Crippen molar-refractivity contribution in [3.05, 3.63) is 0 Å². The van der Waals surface area contributed by atoms with E-state index < -0.39 is 0 Å². The number of hydrogen-bond acceptors (Lipinski definition) is 3. The van der Waals surface area contributed by atoms with Gasteiger partial charge in [0.1, 0.15) is 0 Å². The Bertz CT molecular complexity index is 334. The summed E-state index contributed by atoms with van der Waals surface area (Å²) in [5.41, 5.74) is -0.154. The lowest BCUT2D eigenvalue weighted by Gasteiger charge is -2.36. The van der Waals surface area contributed by atoms with Crippen LogP contribution >= 0.6 is 0 Å². The Labute approximate surface area is 125 Å². The van der Waals surface area contributed by atoms with E-state index >= 15 is 0 Å². The molecule has 0 aromatic carbocycles. The zero-order valence-electron chi connectivity index (χ0n) is 14.5. The Morgan fingerprint density at radius 3 is 2.15 bits per heavy atom. The van der Waals surface area contributed by atoms with Gasteiger partial charge in [0, 0.05) is 31.1 Å². The fourth-order valence-corrected chi connectivity index (χ4v) is 3.96. The molecule has 0 aromatic heterocycles. The monoisotopic (exact) mass is 282 g/mol. The van der Waals surface area contributed by atoms with Crippen molar-refractivity contribution in [3.63, 3.8) is 0 Å². The third kappa shape index (κ3) is 3.37. The molecular formula is C17H34N2O. The predicted molar refractivity (Wildman–Crippen MR) is 85.0 cm³/mol. The lowest BCUT2D eigenvalue weighted by atomic mass is 9.82. The van der Waals surface area contributed by atoms with Gasteiger partial charge < -0.3 is 15.0 Å². The molecule has 0 amide bonds. The minimum Gasteiger partial charge on any atom is -0.368 e. The third-order valence-corrected chi connectivity index (χ3v) is 5.23. The van der Waals surface area contributed by atoms with Crippen molar-refractivity contribution in [3.8, 4) is 0 Å². The molecule has 1 aliphatic carbocycles. The second-order valence-electron chi connectivity index (χ2n) is 8.17. The third-order valence-electron chi connectivity index (χ3n) is 5.23. The van der Waals surface area contributed by atoms with Gasteiger partial charge in [-0.1, -0.05) is 0 Å². The first-order chi connectivity index (χ1) is 9.17. The first kappa shape index (κ1) is 16.3. The van der Waals surface area contributed by atoms with Crippen molar-refractivity contribution < 1.29 is 4.74 Å². The zero-order chi connectivity index (χ0) is 15.1. The molecule has 0 radical (unpaired) electrons. The second kappa shape index (κ2) is 5.58. The first-order valence-electron chi connectivity index (χ1n) is 8.29. The SMILES string of the molecule is CNC1C(CN(CC2CC2)C(C)C)C(C)(C)OC1(C)C. The standard InChI is InChI=1S/C17H34N2O/c1-12(2)19(10-13-8-9-13)11-14-15(18-7)17(5,6)20-16(14,3)4/h12-15,18H,8-11H2,1-7H3. The summed E-state index contributed by atoms with van der Waals surface area (Å²) in [6, 6.07) is 1.03. The lowest BCUT2D eigenvalue weighted by molar-refractivity contribution is -0.0799. The van der Waals surface area contributed by atoms with Gasteiger partial charge in [-0.2, -0.15) is 0 Å². The van der Waals surface area contributed by atoms with Crippen molar-refractivity contribution in [1.29, 1.82) is 0 Å². The molecule has 1 saturated carbocycles. The van der Waals surface area contributed by atoms with Crippen molar-refractivity contribution in [2.75, 3.05) is 20.1 Å². The molecule has 1 saturated heterocycles. The molecule has 3 heteroatoms. The van der Waals surface area contributed by atoms with E-state index in [0.717, 1.165) is 12.5 Å². The summed E-state index contributed by atoms with van der Waals surface area (Å²) in [4.78, 5) is 2.67. The lowest BCUT2D eigenvalue weighted by Crippen LogP contribution is -2.51. The van der Waals surface area contributed by atoms with Gasteiger partial charge in [-0.25, -0.2) is 0 Å². The van der Waals surface area contributed by atoms with Crippen LogP contribution in [0.15, 0.2) is 0 Å². The highest BCUT2D eigenvalue weighted by molar-refractivity contribution is 5.06. The van der Waals surface area contributed by atoms with Gasteiger partial charge >= 0.3 is 0 Å². The van der Waals surface area contributed by atoms with Crippen LogP contribution < -0.4 is 5.32 Å². The summed E-state index contributed by atoms with van der Waals surface area (Å²) in [5, 5.41) is 3.52. The predicted octanol–water partition coefficient (Wildman–Crippen LogP) is 2.90. The molecule has 2 atom stereocenters. The number of nitrogens with one attached hydrogen (secondary N) is 1. The summed E-state index contributed by atoms with van der Waals surface area (Å²) in [6.07, 6.45) is 2.85. The molecule has 3 nitrogen and oxygen atoms in total. The summed E-state index contributed by atoms with van der Waals surface area (Å²) in [6.45, 7) is 16.0. The van der Waals surface area contributed by atoms with Crippen LogP contribution in [-0.2, 0) is 4.74 Å². The van der Waals surface area contributed by atoms with Gasteiger partial charge in [-0.15, -0.1) is 0 Å². The summed E-state index contributed by atoms with van der Waals surface area (Å²) in [5.74, 6) is 1.48. The van der Waals surface area contributed by atoms with Crippen LogP contribution in [0.4, 0.5) is 0 Å². The Morgan fingerprint density at radius 1 is 1.10 bits per heavy atom. The maximum Gasteiger partial charge on any atom is 0.0790 e. The molecule has 1 N–H and O–H groups in total. The van der Waals surface area contributed by atoms with Gasteiger partial charge in [-0.05, 0) is 67.3 Å². The fraction of sp³-hybridized carbons (Fsp3) is 1.00. The summed E-state index contributed by atoms with van der Waals surface area (Å²) < 4.78 is 6.36. The van der Waals surface area contributed by atoms with E-state index in [1.54, 1.807) is 0 Å². The van der Waals surface area contributed by atoms with Crippen LogP contribution in [0, 0.1) is 11.8 Å². The quantitative estimate of drug-likeness (QED) is 0.811. The molecule has 0 bridgehead atoms. The highest BCUT2D eigenvalue weighted by Crippen LogP contribution is 2.43. The molecule has 0 spiro atoms. The number of hydrogen-bond donors (Lipinski definition) is 1. The largest absolute Gasteiger partial charge is 0.368 e. The highest BCUT2D eigenvalue weighted by atomic mass is 16.5. The van der Waals surface area contributed by atoms with Gasteiger partial charge in [0.15, 0.2) is 0 Å². The summed E-state index contributed by atoms with van der Waals surface area (Å²) in [7, 11) is 2.07. The Balaban J connectivity index is 2.11. The normalized spacial score (nSPS) is 32.2. The fourth-order valence-electron chi connectivity index (χ4n) is 3.96. The van der Waals surface area contributed by atoms with Gasteiger partial charge in [0.2, 0.25) is 0 Å². The zero-order valence-corrected chi connectivity index (χ0v) is 14.5. The molecule has 0 aromatic rings. The molecule has 2 unspecified atom stereocenters. The highest BCUT2D eigenvalue weighted by Gasteiger charge is 2.53. The van der Waals surface area contributed by atoms with Crippen molar-refractivity contribution in [1.82, 2.24) is 10.2 Å². The van der Waals surface area contributed by atoms with Crippen molar-refractivity contribution >= 4 is 0 Å². The maximum atomic E-state index is 6.36. The van der Waals surface area contributed by atoms with Crippen molar-refractivity contribution in [2.24, 2.45) is 11.8 Å². The van der Waals surface area contributed by atoms with Gasteiger partial charge in [-0.3, -0.25) is 0 Å². The maximum absolute atomic E-state index is 6.36. The van der Waals surface area contributed by atoms with E-state index in [0.29, 0.717) is 18.0 Å². The van der Waals surface area contributed by atoms with Crippen LogP contribution in [-0.4, -0.2) is 48.3 Å². The van der Waals surface area contributed by atoms with E-state index in [-0.39, 0.29) is 11.2 Å². The van der Waals surface area contributed by atoms with Gasteiger partial charge in [0.25, 0.3) is 0 Å². The van der Waals surface area contributed by atoms with E-state index in [1.807, 2.05) is 0 Å². The van der Waals surface area contributed by atoms with E-state index in [4.69, 9.17) is 4.74 Å². The number of ether oxygens (including phenoxy) is 1. The van der Waals surface area contributed by atoms with Crippen LogP contribution in [0.1, 0.15) is 54.4 Å². The molecule has 2 aliphatic rings. The number of rotatable bonds is 6. The molecule has 1 heterocycles. The Morgan fingerprint density at radius 2 is 1.70 bits per heavy atom. The minimum absolute atomic E-state index is 0.0616. The van der Waals surface area contributed by atoms with E-state index in [9.17, 15) is 0 Å². The van der Waals surface area contributed by atoms with Gasteiger partial charge in [0.05, 0.1) is 11.2 Å². The van der Waals surface area contributed by atoms with Crippen molar-refractivity contribution in [2.45, 2.75) is 77.7 Å². The minimum atomic E-state index is -0.0921. The first-order valence-corrected chi connectivity index (χ1v) is 8.29. The topological polar surface area (TPSA) is 24.5 Å². The molecule has 2 rings (SSSR count). The molecule has 1 aliphatic heterocycles. The average Bonchev–Trinajstić information content (AvgIpc) is 3.05. The molecule has 2 fully saturated rings. The molecule has 20 heavy (non-hydrogen) atoms. The summed E-state index contributed by atoms with van der Waals surface area (Å²) >= 11 is 0. The van der Waals surface area contributed by atoms with Crippen LogP contribution in [0.3, 0.4) is 0 Å². The number of nitrogens with zero attached hydrogens (tertiary/aromatic N) is 1. The van der Waals surface area contributed by atoms with E-state index in [1.165, 1.54) is 19.4 Å². The Hall–Kier alpha value is -0.120.